The Morgan fingerprint density at radius 2 is 1.65 bits per heavy atom. The zero-order valence-corrected chi connectivity index (χ0v) is 12.2. The van der Waals surface area contributed by atoms with Crippen LogP contribution in [0.3, 0.4) is 0 Å². The normalized spacial score (nSPS) is 24.7. The molecule has 0 unspecified atom stereocenters. The number of allylic oxidation sites excluding steroid dienone is 2. The summed E-state index contributed by atoms with van der Waals surface area (Å²) in [5.41, 5.74) is 2.17. The summed E-state index contributed by atoms with van der Waals surface area (Å²) in [6.45, 7) is 0. The third-order valence-electron chi connectivity index (χ3n) is 5.05. The number of hydrogen-bond donors (Lipinski definition) is 0. The maximum atomic E-state index is 13.1. The second-order valence-electron chi connectivity index (χ2n) is 6.31. The predicted octanol–water partition coefficient (Wildman–Crippen LogP) is 4.96. The summed E-state index contributed by atoms with van der Waals surface area (Å²) < 4.78 is 0. The molecule has 1 aromatic rings. The van der Waals surface area contributed by atoms with Crippen molar-refractivity contribution in [2.24, 2.45) is 0 Å². The Hall–Kier alpha value is -1.37. The molecule has 0 aliphatic heterocycles. The molecule has 20 heavy (non-hydrogen) atoms. The summed E-state index contributed by atoms with van der Waals surface area (Å²) in [4.78, 5) is 13.1. The average Bonchev–Trinajstić information content (AvgIpc) is 2.38. The van der Waals surface area contributed by atoms with Gasteiger partial charge in [0.15, 0.2) is 5.78 Å². The van der Waals surface area contributed by atoms with Gasteiger partial charge in [0.1, 0.15) is 0 Å². The lowest BCUT2D eigenvalue weighted by Gasteiger charge is -2.41. The van der Waals surface area contributed by atoms with E-state index in [0.29, 0.717) is 5.78 Å². The lowest BCUT2D eigenvalue weighted by molar-refractivity contribution is -0.124. The van der Waals surface area contributed by atoms with Crippen LogP contribution in [0.1, 0.15) is 63.4 Å². The van der Waals surface area contributed by atoms with E-state index in [1.165, 1.54) is 37.7 Å². The Kier molecular flexibility index (Phi) is 4.05. The molecule has 1 saturated carbocycles. The first kappa shape index (κ1) is 13.6. The van der Waals surface area contributed by atoms with Crippen molar-refractivity contribution in [3.05, 3.63) is 47.5 Å². The van der Waals surface area contributed by atoms with Crippen LogP contribution in [0.15, 0.2) is 42.0 Å². The van der Waals surface area contributed by atoms with Gasteiger partial charge in [-0.2, -0.15) is 0 Å². The largest absolute Gasteiger partial charge is 0.294 e. The first-order valence-electron chi connectivity index (χ1n) is 8.12. The van der Waals surface area contributed by atoms with Gasteiger partial charge >= 0.3 is 0 Å². The number of hydrogen-bond acceptors (Lipinski definition) is 1. The molecule has 1 heteroatoms. The van der Waals surface area contributed by atoms with Crippen LogP contribution in [-0.4, -0.2) is 5.78 Å². The van der Waals surface area contributed by atoms with Gasteiger partial charge in [-0.05, 0) is 49.7 Å². The highest BCUT2D eigenvalue weighted by atomic mass is 16.1. The second kappa shape index (κ2) is 5.95. The molecule has 1 fully saturated rings. The molecule has 2 aliphatic rings. The van der Waals surface area contributed by atoms with Gasteiger partial charge in [-0.1, -0.05) is 55.7 Å². The first-order chi connectivity index (χ1) is 9.83. The molecule has 0 spiro atoms. The molecular formula is C19H24O. The zero-order valence-electron chi connectivity index (χ0n) is 12.2. The molecule has 3 rings (SSSR count). The first-order valence-corrected chi connectivity index (χ1v) is 8.12. The van der Waals surface area contributed by atoms with Crippen molar-refractivity contribution in [3.8, 4) is 0 Å². The van der Waals surface area contributed by atoms with Gasteiger partial charge in [-0.25, -0.2) is 0 Å². The molecule has 0 aromatic heterocycles. The second-order valence-corrected chi connectivity index (χ2v) is 6.31. The summed E-state index contributed by atoms with van der Waals surface area (Å²) >= 11 is 0. The molecule has 1 nitrogen and oxygen atoms in total. The van der Waals surface area contributed by atoms with E-state index in [2.05, 4.69) is 30.3 Å². The van der Waals surface area contributed by atoms with E-state index in [0.717, 1.165) is 31.3 Å². The maximum absolute atomic E-state index is 13.1. The summed E-state index contributed by atoms with van der Waals surface area (Å²) in [6.07, 6.45) is 12.6. The van der Waals surface area contributed by atoms with Gasteiger partial charge < -0.3 is 0 Å². The van der Waals surface area contributed by atoms with E-state index >= 15 is 0 Å². The van der Waals surface area contributed by atoms with E-state index in [4.69, 9.17) is 0 Å². The molecule has 0 N–H and O–H groups in total. The Morgan fingerprint density at radius 1 is 0.900 bits per heavy atom. The van der Waals surface area contributed by atoms with Crippen molar-refractivity contribution >= 4 is 5.78 Å². The van der Waals surface area contributed by atoms with Crippen LogP contribution >= 0.6 is 0 Å². The predicted molar refractivity (Wildman–Crippen MR) is 82.8 cm³/mol. The van der Waals surface area contributed by atoms with Gasteiger partial charge in [0.25, 0.3) is 0 Å². The summed E-state index contributed by atoms with van der Waals surface area (Å²) in [6, 6.07) is 10.4. The summed E-state index contributed by atoms with van der Waals surface area (Å²) in [7, 11) is 0. The van der Waals surface area contributed by atoms with Crippen molar-refractivity contribution in [1.29, 1.82) is 0 Å². The van der Waals surface area contributed by atoms with Gasteiger partial charge in [0.2, 0.25) is 0 Å². The number of Topliss-reactive ketones (excluding diaryl/α,β-unsaturated/α-hetero) is 1. The van der Waals surface area contributed by atoms with Crippen molar-refractivity contribution in [2.75, 3.05) is 0 Å². The van der Waals surface area contributed by atoms with Crippen LogP contribution in [0, 0.1) is 0 Å². The topological polar surface area (TPSA) is 17.1 Å². The van der Waals surface area contributed by atoms with Crippen LogP contribution < -0.4 is 0 Å². The molecule has 2 aliphatic carbocycles. The monoisotopic (exact) mass is 268 g/mol. The lowest BCUT2D eigenvalue weighted by atomic mass is 9.60. The minimum Gasteiger partial charge on any atom is -0.294 e. The molecule has 0 amide bonds. The molecule has 0 bridgehead atoms. The molecular weight excluding hydrogens is 244 g/mol. The van der Waals surface area contributed by atoms with E-state index in [9.17, 15) is 4.79 Å². The third kappa shape index (κ3) is 2.46. The van der Waals surface area contributed by atoms with E-state index < -0.39 is 0 Å². The van der Waals surface area contributed by atoms with Crippen molar-refractivity contribution < 1.29 is 4.79 Å². The van der Waals surface area contributed by atoms with E-state index in [1.807, 2.05) is 6.07 Å². The smallest absolute Gasteiger partial charge is 0.169 e. The number of benzene rings is 1. The quantitative estimate of drug-likeness (QED) is 0.757. The van der Waals surface area contributed by atoms with Crippen molar-refractivity contribution in [3.63, 3.8) is 0 Å². The maximum Gasteiger partial charge on any atom is 0.169 e. The molecule has 0 saturated heterocycles. The standard InChI is InChI=1S/C19H24O/c20-18(16-10-5-2-1-3-6-11-16)19(14-9-15-19)17-12-7-4-8-13-17/h4,7-8,10,12-13H,1-3,5-6,9,11,14-15H2/b16-10+. The minimum absolute atomic E-state index is 0.188. The van der Waals surface area contributed by atoms with Crippen molar-refractivity contribution in [2.45, 2.75) is 63.2 Å². The van der Waals surface area contributed by atoms with Crippen molar-refractivity contribution in [1.82, 2.24) is 0 Å². The molecule has 0 heterocycles. The molecule has 0 radical (unpaired) electrons. The Balaban J connectivity index is 1.87. The van der Waals surface area contributed by atoms with Crippen LogP contribution in [0.4, 0.5) is 0 Å². The van der Waals surface area contributed by atoms with E-state index in [-0.39, 0.29) is 5.41 Å². The van der Waals surface area contributed by atoms with Gasteiger partial charge in [-0.15, -0.1) is 0 Å². The van der Waals surface area contributed by atoms with E-state index in [1.54, 1.807) is 0 Å². The van der Waals surface area contributed by atoms with Crippen LogP contribution in [-0.2, 0) is 10.2 Å². The number of rotatable bonds is 3. The fourth-order valence-corrected chi connectivity index (χ4v) is 3.64. The van der Waals surface area contributed by atoms with Gasteiger partial charge in [0, 0.05) is 0 Å². The lowest BCUT2D eigenvalue weighted by Crippen LogP contribution is -2.43. The highest BCUT2D eigenvalue weighted by molar-refractivity contribution is 6.04. The Morgan fingerprint density at radius 3 is 2.35 bits per heavy atom. The zero-order chi connectivity index (χ0) is 13.8. The SMILES string of the molecule is O=C(/C1=C/CCCCCC1)C1(c2ccccc2)CCC1. The number of carbonyl (C=O) groups is 1. The Labute approximate surface area is 122 Å². The molecule has 0 atom stereocenters. The highest BCUT2D eigenvalue weighted by Crippen LogP contribution is 2.46. The third-order valence-corrected chi connectivity index (χ3v) is 5.05. The van der Waals surface area contributed by atoms with Gasteiger partial charge in [0.05, 0.1) is 5.41 Å². The number of carbonyl (C=O) groups excluding carboxylic acids is 1. The molecule has 106 valence electrons. The Bertz CT molecular complexity index is 494. The highest BCUT2D eigenvalue weighted by Gasteiger charge is 2.45. The average molecular weight is 268 g/mol. The van der Waals surface area contributed by atoms with Crippen LogP contribution in [0.5, 0.6) is 0 Å². The molecule has 1 aromatic carbocycles. The number of ketones is 1. The summed E-state index contributed by atoms with van der Waals surface area (Å²) in [5, 5.41) is 0. The summed E-state index contributed by atoms with van der Waals surface area (Å²) in [5.74, 6) is 0.428. The fourth-order valence-electron chi connectivity index (χ4n) is 3.64. The van der Waals surface area contributed by atoms with Crippen LogP contribution in [0.2, 0.25) is 0 Å². The van der Waals surface area contributed by atoms with Gasteiger partial charge in [-0.3, -0.25) is 4.79 Å². The fraction of sp³-hybridized carbons (Fsp3) is 0.526. The van der Waals surface area contributed by atoms with Crippen LogP contribution in [0.25, 0.3) is 0 Å². The minimum atomic E-state index is -0.188.